The van der Waals surface area contributed by atoms with Gasteiger partial charge in [-0.3, -0.25) is 4.79 Å². The van der Waals surface area contributed by atoms with Crippen molar-refractivity contribution in [1.29, 1.82) is 0 Å². The van der Waals surface area contributed by atoms with Crippen LogP contribution in [0.4, 0.5) is 0 Å². The van der Waals surface area contributed by atoms with E-state index in [0.29, 0.717) is 41.5 Å². The highest BCUT2D eigenvalue weighted by atomic mass is 16.5. The smallest absolute Gasteiger partial charge is 0.228 e. The number of ketones is 1. The van der Waals surface area contributed by atoms with Gasteiger partial charge < -0.3 is 14.2 Å². The van der Waals surface area contributed by atoms with Crippen molar-refractivity contribution < 1.29 is 19.0 Å². The van der Waals surface area contributed by atoms with Gasteiger partial charge in [-0.15, -0.1) is 5.10 Å². The van der Waals surface area contributed by atoms with Gasteiger partial charge in [0.25, 0.3) is 0 Å². The first-order valence-electron chi connectivity index (χ1n) is 13.3. The average molecular weight is 533 g/mol. The Balaban J connectivity index is 1.30. The van der Waals surface area contributed by atoms with E-state index < -0.39 is 0 Å². The molecule has 1 aliphatic carbocycles. The van der Waals surface area contributed by atoms with Gasteiger partial charge in [0.15, 0.2) is 17.3 Å². The number of hydrogen-bond donors (Lipinski definition) is 0. The van der Waals surface area contributed by atoms with E-state index >= 15 is 0 Å². The number of methoxy groups -OCH3 is 1. The van der Waals surface area contributed by atoms with Gasteiger partial charge in [-0.25, -0.2) is 14.5 Å². The number of benzene rings is 3. The van der Waals surface area contributed by atoms with Gasteiger partial charge in [0, 0.05) is 24.3 Å². The maximum atomic E-state index is 13.6. The Morgan fingerprint density at radius 2 is 1.77 bits per heavy atom. The third-order valence-electron chi connectivity index (χ3n) is 7.65. The van der Waals surface area contributed by atoms with Crippen LogP contribution < -0.4 is 14.2 Å². The molecule has 2 aliphatic rings. The van der Waals surface area contributed by atoms with Crippen LogP contribution in [-0.4, -0.2) is 32.5 Å². The lowest BCUT2D eigenvalue weighted by molar-refractivity contribution is -0.118. The predicted molar refractivity (Wildman–Crippen MR) is 150 cm³/mol. The predicted octanol–water partition coefficient (Wildman–Crippen LogP) is 6.03. The second kappa shape index (κ2) is 9.19. The second-order valence-electron chi connectivity index (χ2n) is 11.1. The van der Waals surface area contributed by atoms with Crippen molar-refractivity contribution in [2.45, 2.75) is 39.2 Å². The lowest BCUT2D eigenvalue weighted by Crippen LogP contribution is -2.33. The lowest BCUT2D eigenvalue weighted by Gasteiger charge is -2.37. The van der Waals surface area contributed by atoms with Crippen molar-refractivity contribution in [3.05, 3.63) is 101 Å². The molecule has 0 radical (unpaired) electrons. The zero-order valence-electron chi connectivity index (χ0n) is 22.5. The van der Waals surface area contributed by atoms with Crippen LogP contribution >= 0.6 is 0 Å². The van der Waals surface area contributed by atoms with Crippen LogP contribution in [0.5, 0.6) is 17.4 Å². The normalized spacial score (nSPS) is 17.9. The number of aromatic nitrogens is 4. The Morgan fingerprint density at radius 1 is 1.00 bits per heavy atom. The first-order chi connectivity index (χ1) is 19.4. The summed E-state index contributed by atoms with van der Waals surface area (Å²) in [5, 5.41) is 6.89. The first kappa shape index (κ1) is 24.3. The van der Waals surface area contributed by atoms with Gasteiger partial charge in [0.1, 0.15) is 30.2 Å². The van der Waals surface area contributed by atoms with Gasteiger partial charge in [-0.2, -0.15) is 0 Å². The Morgan fingerprint density at radius 3 is 2.58 bits per heavy atom. The van der Waals surface area contributed by atoms with Crippen LogP contribution in [0.1, 0.15) is 49.6 Å². The minimum atomic E-state index is -0.386. The molecule has 3 aromatic carbocycles. The highest BCUT2D eigenvalue weighted by Crippen LogP contribution is 2.50. The molecule has 2 aromatic heterocycles. The molecule has 0 unspecified atom stereocenters. The molecule has 0 saturated carbocycles. The fraction of sp³-hybridized carbons (Fsp3) is 0.250. The Labute approximate surface area is 231 Å². The van der Waals surface area contributed by atoms with E-state index in [9.17, 15) is 4.79 Å². The van der Waals surface area contributed by atoms with E-state index in [0.717, 1.165) is 33.4 Å². The Hall–Kier alpha value is -4.72. The summed E-state index contributed by atoms with van der Waals surface area (Å²) in [7, 11) is 1.64. The molecule has 0 N–H and O–H groups in total. The van der Waals surface area contributed by atoms with Crippen molar-refractivity contribution >= 4 is 22.2 Å². The van der Waals surface area contributed by atoms with Gasteiger partial charge in [-0.1, -0.05) is 56.3 Å². The van der Waals surface area contributed by atoms with E-state index in [1.807, 2.05) is 54.6 Å². The Bertz CT molecular complexity index is 1820. The zero-order chi connectivity index (χ0) is 27.4. The largest absolute Gasteiger partial charge is 0.497 e. The van der Waals surface area contributed by atoms with Crippen LogP contribution in [0.2, 0.25) is 0 Å². The molecular formula is C32H28N4O4. The van der Waals surface area contributed by atoms with E-state index in [1.54, 1.807) is 18.0 Å². The molecule has 8 heteroatoms. The van der Waals surface area contributed by atoms with Crippen LogP contribution in [-0.2, 0) is 11.4 Å². The second-order valence-corrected chi connectivity index (χ2v) is 11.1. The summed E-state index contributed by atoms with van der Waals surface area (Å²) in [6.45, 7) is 4.36. The number of fused-ring (bicyclic) bond motifs is 4. The molecule has 40 heavy (non-hydrogen) atoms. The fourth-order valence-corrected chi connectivity index (χ4v) is 5.79. The molecule has 7 rings (SSSR count). The number of hydrogen-bond acceptors (Lipinski definition) is 7. The standard InChI is InChI=1S/C32H28N4O4/c1-32(2)15-24(37)28-25(16-32)40-31-29(27(28)20-9-11-22(38-3)12-10-20)30-34-26(35-36(30)18-33-31)17-39-23-13-8-19-6-4-5-7-21(19)14-23/h4-14,18,27H,15-17H2,1-3H3/t27-/m1/s1. The molecule has 8 nitrogen and oxygen atoms in total. The van der Waals surface area contributed by atoms with Crippen molar-refractivity contribution in [3.8, 4) is 17.4 Å². The third-order valence-corrected chi connectivity index (χ3v) is 7.65. The van der Waals surface area contributed by atoms with Crippen LogP contribution in [0.15, 0.2) is 84.4 Å². The monoisotopic (exact) mass is 532 g/mol. The molecular weight excluding hydrogens is 504 g/mol. The zero-order valence-corrected chi connectivity index (χ0v) is 22.5. The van der Waals surface area contributed by atoms with E-state index in [2.05, 4.69) is 36.1 Å². The first-order valence-corrected chi connectivity index (χ1v) is 13.3. The maximum absolute atomic E-state index is 13.6. The number of Topliss-reactive ketones (excluding diaryl/α,β-unsaturated/α-hetero) is 1. The highest BCUT2D eigenvalue weighted by molar-refractivity contribution is 6.00. The van der Waals surface area contributed by atoms with Crippen LogP contribution in [0.3, 0.4) is 0 Å². The number of allylic oxidation sites excluding steroid dienone is 2. The maximum Gasteiger partial charge on any atom is 0.228 e. The van der Waals surface area contributed by atoms with Gasteiger partial charge in [0.2, 0.25) is 5.88 Å². The molecule has 0 bridgehead atoms. The van der Waals surface area contributed by atoms with Crippen molar-refractivity contribution in [1.82, 2.24) is 19.6 Å². The van der Waals surface area contributed by atoms with Gasteiger partial charge in [-0.05, 0) is 46.0 Å². The quantitative estimate of drug-likeness (QED) is 0.273. The highest BCUT2D eigenvalue weighted by Gasteiger charge is 2.44. The van der Waals surface area contributed by atoms with Gasteiger partial charge >= 0.3 is 0 Å². The molecule has 200 valence electrons. The lowest BCUT2D eigenvalue weighted by atomic mass is 9.70. The summed E-state index contributed by atoms with van der Waals surface area (Å²) in [5.74, 6) is 2.82. The summed E-state index contributed by atoms with van der Waals surface area (Å²) in [6, 6.07) is 21.9. The Kier molecular flexibility index (Phi) is 5.59. The summed E-state index contributed by atoms with van der Waals surface area (Å²) in [4.78, 5) is 23.1. The van der Waals surface area contributed by atoms with Gasteiger partial charge in [0.05, 0.1) is 12.7 Å². The molecule has 0 saturated heterocycles. The molecule has 1 atom stereocenters. The van der Waals surface area contributed by atoms with E-state index in [1.165, 1.54) is 0 Å². The van der Waals surface area contributed by atoms with Crippen molar-refractivity contribution in [2.75, 3.05) is 7.11 Å². The van der Waals surface area contributed by atoms with Crippen LogP contribution in [0.25, 0.3) is 16.4 Å². The summed E-state index contributed by atoms with van der Waals surface area (Å²) < 4.78 is 19.4. The molecule has 1 aliphatic heterocycles. The average Bonchev–Trinajstić information content (AvgIpc) is 3.38. The molecule has 0 fully saturated rings. The third kappa shape index (κ3) is 4.16. The number of rotatable bonds is 5. The van der Waals surface area contributed by atoms with Crippen LogP contribution in [0, 0.1) is 5.41 Å². The summed E-state index contributed by atoms with van der Waals surface area (Å²) in [6.07, 6.45) is 2.71. The van der Waals surface area contributed by atoms with E-state index in [4.69, 9.17) is 19.2 Å². The summed E-state index contributed by atoms with van der Waals surface area (Å²) >= 11 is 0. The fourth-order valence-electron chi connectivity index (χ4n) is 5.79. The van der Waals surface area contributed by atoms with Crippen molar-refractivity contribution in [3.63, 3.8) is 0 Å². The number of carbonyl (C=O) groups excluding carboxylic acids is 1. The van der Waals surface area contributed by atoms with Crippen molar-refractivity contribution in [2.24, 2.45) is 5.41 Å². The number of carbonyl (C=O) groups is 1. The number of nitrogens with zero attached hydrogens (tertiary/aromatic N) is 4. The topological polar surface area (TPSA) is 87.8 Å². The van der Waals surface area contributed by atoms with E-state index in [-0.39, 0.29) is 23.7 Å². The number of ether oxygens (including phenoxy) is 3. The summed E-state index contributed by atoms with van der Waals surface area (Å²) in [5.41, 5.74) is 2.74. The SMILES string of the molecule is COc1ccc([C@@H]2C3=C(CC(C)(C)CC3=O)Oc3ncn4nc(COc5ccc6ccccc6c5)nc4c32)cc1. The minimum absolute atomic E-state index is 0.0825. The molecule has 0 amide bonds. The molecule has 0 spiro atoms. The molecule has 5 aromatic rings. The minimum Gasteiger partial charge on any atom is -0.497 e. The molecule has 3 heterocycles.